The lowest BCUT2D eigenvalue weighted by molar-refractivity contribution is 0.391. The predicted octanol–water partition coefficient (Wildman–Crippen LogP) is 2.26. The van der Waals surface area contributed by atoms with Gasteiger partial charge in [-0.2, -0.15) is 0 Å². The molecular formula is C10H11NO. The first-order valence-electron chi connectivity index (χ1n) is 3.93. The number of hydrogen-bond donors (Lipinski definition) is 0. The van der Waals surface area contributed by atoms with Crippen molar-refractivity contribution in [1.82, 2.24) is 4.40 Å². The van der Waals surface area contributed by atoms with Crippen LogP contribution in [0.1, 0.15) is 5.56 Å². The highest BCUT2D eigenvalue weighted by molar-refractivity contribution is 5.55. The number of pyridine rings is 1. The number of ether oxygens (including phenoxy) is 1. The lowest BCUT2D eigenvalue weighted by atomic mass is 10.3. The molecule has 0 saturated heterocycles. The third-order valence-electron chi connectivity index (χ3n) is 2.01. The van der Waals surface area contributed by atoms with Crippen LogP contribution in [0.25, 0.3) is 5.52 Å². The van der Waals surface area contributed by atoms with E-state index in [9.17, 15) is 0 Å². The van der Waals surface area contributed by atoms with Gasteiger partial charge >= 0.3 is 0 Å². The molecule has 2 heterocycles. The van der Waals surface area contributed by atoms with Crippen molar-refractivity contribution in [3.8, 4) is 5.88 Å². The van der Waals surface area contributed by atoms with Crippen LogP contribution in [0.4, 0.5) is 0 Å². The first kappa shape index (κ1) is 7.22. The predicted molar refractivity (Wildman–Crippen MR) is 48.7 cm³/mol. The van der Waals surface area contributed by atoms with Gasteiger partial charge in [0.25, 0.3) is 0 Å². The van der Waals surface area contributed by atoms with Crippen molar-refractivity contribution in [1.29, 1.82) is 0 Å². The van der Waals surface area contributed by atoms with E-state index in [0.717, 1.165) is 5.88 Å². The third-order valence-corrected chi connectivity index (χ3v) is 2.01. The fourth-order valence-electron chi connectivity index (χ4n) is 1.49. The number of fused-ring (bicyclic) bond motifs is 1. The zero-order chi connectivity index (χ0) is 8.55. The van der Waals surface area contributed by atoms with Gasteiger partial charge < -0.3 is 4.74 Å². The second-order valence-corrected chi connectivity index (χ2v) is 2.83. The van der Waals surface area contributed by atoms with Crippen LogP contribution in [0, 0.1) is 6.92 Å². The minimum atomic E-state index is 0.922. The van der Waals surface area contributed by atoms with E-state index in [0.29, 0.717) is 0 Å². The third kappa shape index (κ3) is 0.881. The van der Waals surface area contributed by atoms with Crippen molar-refractivity contribution in [3.63, 3.8) is 0 Å². The minimum absolute atomic E-state index is 0.922. The van der Waals surface area contributed by atoms with E-state index in [-0.39, 0.29) is 0 Å². The SMILES string of the molecule is COc1c(C)cc2ccccn12. The van der Waals surface area contributed by atoms with Gasteiger partial charge in [-0.15, -0.1) is 0 Å². The zero-order valence-corrected chi connectivity index (χ0v) is 7.24. The van der Waals surface area contributed by atoms with E-state index in [2.05, 4.69) is 12.1 Å². The van der Waals surface area contributed by atoms with Crippen molar-refractivity contribution in [2.45, 2.75) is 6.92 Å². The molecule has 2 nitrogen and oxygen atoms in total. The maximum atomic E-state index is 5.26. The fourth-order valence-corrected chi connectivity index (χ4v) is 1.49. The largest absolute Gasteiger partial charge is 0.482 e. The van der Waals surface area contributed by atoms with Crippen LogP contribution in [0.3, 0.4) is 0 Å². The molecule has 0 fully saturated rings. The Bertz CT molecular complexity index is 403. The van der Waals surface area contributed by atoms with E-state index in [4.69, 9.17) is 4.74 Å². The molecule has 2 aromatic heterocycles. The molecule has 0 aliphatic heterocycles. The van der Waals surface area contributed by atoms with Gasteiger partial charge in [-0.1, -0.05) is 6.07 Å². The van der Waals surface area contributed by atoms with Crippen LogP contribution in [0.2, 0.25) is 0 Å². The van der Waals surface area contributed by atoms with Crippen molar-refractivity contribution in [2.24, 2.45) is 0 Å². The highest BCUT2D eigenvalue weighted by Crippen LogP contribution is 2.22. The number of aromatic nitrogens is 1. The summed E-state index contributed by atoms with van der Waals surface area (Å²) in [4.78, 5) is 0. The van der Waals surface area contributed by atoms with Crippen LogP contribution in [-0.4, -0.2) is 11.5 Å². The molecule has 0 unspecified atom stereocenters. The minimum Gasteiger partial charge on any atom is -0.482 e. The molecule has 0 saturated carbocycles. The maximum absolute atomic E-state index is 5.26. The van der Waals surface area contributed by atoms with Crippen LogP contribution in [0.15, 0.2) is 30.5 Å². The molecule has 12 heavy (non-hydrogen) atoms. The normalized spacial score (nSPS) is 10.5. The monoisotopic (exact) mass is 161 g/mol. The summed E-state index contributed by atoms with van der Waals surface area (Å²) in [6.45, 7) is 2.05. The van der Waals surface area contributed by atoms with Gasteiger partial charge in [0.05, 0.1) is 7.11 Å². The van der Waals surface area contributed by atoms with Gasteiger partial charge in [0.2, 0.25) is 5.88 Å². The fraction of sp³-hybridized carbons (Fsp3) is 0.200. The Morgan fingerprint density at radius 1 is 1.33 bits per heavy atom. The van der Waals surface area contributed by atoms with Crippen molar-refractivity contribution in [2.75, 3.05) is 7.11 Å². The second-order valence-electron chi connectivity index (χ2n) is 2.83. The Morgan fingerprint density at radius 3 is 2.92 bits per heavy atom. The summed E-state index contributed by atoms with van der Waals surface area (Å²) in [6, 6.07) is 8.19. The summed E-state index contributed by atoms with van der Waals surface area (Å²) < 4.78 is 7.30. The smallest absolute Gasteiger partial charge is 0.200 e. The highest BCUT2D eigenvalue weighted by Gasteiger charge is 2.04. The van der Waals surface area contributed by atoms with Crippen molar-refractivity contribution >= 4 is 5.52 Å². The average Bonchev–Trinajstić information content (AvgIpc) is 2.40. The molecule has 0 spiro atoms. The summed E-state index contributed by atoms with van der Waals surface area (Å²) in [5, 5.41) is 0. The molecule has 0 aliphatic carbocycles. The molecule has 0 atom stereocenters. The summed E-state index contributed by atoms with van der Waals surface area (Å²) in [5.74, 6) is 0.922. The molecule has 62 valence electrons. The molecule has 0 N–H and O–H groups in total. The Morgan fingerprint density at radius 2 is 2.17 bits per heavy atom. The Labute approximate surface area is 71.4 Å². The first-order valence-corrected chi connectivity index (χ1v) is 3.93. The van der Waals surface area contributed by atoms with Gasteiger partial charge in [0, 0.05) is 17.3 Å². The molecule has 0 radical (unpaired) electrons. The van der Waals surface area contributed by atoms with Gasteiger partial charge in [-0.25, -0.2) is 0 Å². The molecule has 2 rings (SSSR count). The first-order chi connectivity index (χ1) is 5.83. The van der Waals surface area contributed by atoms with Crippen LogP contribution in [0.5, 0.6) is 5.88 Å². The molecule has 0 aliphatic rings. The molecule has 0 bridgehead atoms. The van der Waals surface area contributed by atoms with Gasteiger partial charge in [-0.3, -0.25) is 4.40 Å². The van der Waals surface area contributed by atoms with Crippen molar-refractivity contribution < 1.29 is 4.74 Å². The van der Waals surface area contributed by atoms with E-state index in [1.54, 1.807) is 7.11 Å². The molecule has 0 aromatic carbocycles. The topological polar surface area (TPSA) is 13.6 Å². The van der Waals surface area contributed by atoms with Crippen LogP contribution in [-0.2, 0) is 0 Å². The number of aryl methyl sites for hydroxylation is 1. The summed E-state index contributed by atoms with van der Waals surface area (Å²) in [5.41, 5.74) is 2.34. The highest BCUT2D eigenvalue weighted by atomic mass is 16.5. The van der Waals surface area contributed by atoms with Crippen LogP contribution >= 0.6 is 0 Å². The molecule has 2 heteroatoms. The zero-order valence-electron chi connectivity index (χ0n) is 7.24. The molecule has 0 amide bonds. The van der Waals surface area contributed by atoms with Crippen LogP contribution < -0.4 is 4.74 Å². The van der Waals surface area contributed by atoms with E-state index >= 15 is 0 Å². The van der Waals surface area contributed by atoms with Gasteiger partial charge in [-0.05, 0) is 25.1 Å². The summed E-state index contributed by atoms with van der Waals surface area (Å²) in [6.07, 6.45) is 2.00. The second kappa shape index (κ2) is 2.55. The Kier molecular flexibility index (Phi) is 1.54. The average molecular weight is 161 g/mol. The summed E-state index contributed by atoms with van der Waals surface area (Å²) in [7, 11) is 1.70. The Balaban J connectivity index is 2.81. The quantitative estimate of drug-likeness (QED) is 0.625. The van der Waals surface area contributed by atoms with E-state index in [1.807, 2.05) is 29.7 Å². The maximum Gasteiger partial charge on any atom is 0.200 e. The number of rotatable bonds is 1. The number of nitrogens with zero attached hydrogens (tertiary/aromatic N) is 1. The van der Waals surface area contributed by atoms with Crippen molar-refractivity contribution in [3.05, 3.63) is 36.0 Å². The number of methoxy groups -OCH3 is 1. The molecule has 2 aromatic rings. The van der Waals surface area contributed by atoms with E-state index < -0.39 is 0 Å². The van der Waals surface area contributed by atoms with E-state index in [1.165, 1.54) is 11.1 Å². The standard InChI is InChI=1S/C10H11NO/c1-8-7-9-5-3-4-6-11(9)10(8)12-2/h3-7H,1-2H3. The lowest BCUT2D eigenvalue weighted by Crippen LogP contribution is -1.90. The van der Waals surface area contributed by atoms with Gasteiger partial charge in [0.15, 0.2) is 0 Å². The van der Waals surface area contributed by atoms with Gasteiger partial charge in [0.1, 0.15) is 0 Å². The molecular weight excluding hydrogens is 150 g/mol. The number of hydrogen-bond acceptors (Lipinski definition) is 1. The Hall–Kier alpha value is -1.44. The summed E-state index contributed by atoms with van der Waals surface area (Å²) >= 11 is 0. The lowest BCUT2D eigenvalue weighted by Gasteiger charge is -2.00.